The van der Waals surface area contributed by atoms with Crippen molar-refractivity contribution in [3.8, 4) is 0 Å². The number of carbonyl (C=O) groups excluding carboxylic acids is 1. The molecule has 110 valence electrons. The van der Waals surface area contributed by atoms with Gasteiger partial charge in [0.25, 0.3) is 11.6 Å². The van der Waals surface area contributed by atoms with E-state index in [9.17, 15) is 14.9 Å². The minimum absolute atomic E-state index is 0.0807. The van der Waals surface area contributed by atoms with Gasteiger partial charge in [-0.25, -0.2) is 4.98 Å². The van der Waals surface area contributed by atoms with Crippen LogP contribution in [0.4, 0.5) is 11.4 Å². The molecule has 0 atom stereocenters. The van der Waals surface area contributed by atoms with Gasteiger partial charge in [-0.15, -0.1) is 11.3 Å². The molecule has 0 bridgehead atoms. The van der Waals surface area contributed by atoms with E-state index in [2.05, 4.69) is 15.7 Å². The molecular weight excluding hydrogens is 294 g/mol. The third-order valence-electron chi connectivity index (χ3n) is 2.71. The van der Waals surface area contributed by atoms with Crippen LogP contribution in [-0.4, -0.2) is 15.8 Å². The summed E-state index contributed by atoms with van der Waals surface area (Å²) in [6.45, 7) is 2.18. The number of anilines is 1. The largest absolute Gasteiger partial charge is 0.346 e. The number of benzene rings is 1. The molecule has 0 aliphatic heterocycles. The average Bonchev–Trinajstić information content (AvgIpc) is 2.89. The van der Waals surface area contributed by atoms with Crippen molar-refractivity contribution in [2.45, 2.75) is 13.5 Å². The molecular formula is C12H13N5O3S. The third-order valence-corrected chi connectivity index (χ3v) is 3.53. The van der Waals surface area contributed by atoms with Crippen molar-refractivity contribution >= 4 is 28.6 Å². The number of carbonyl (C=O) groups is 1. The molecule has 8 nitrogen and oxygen atoms in total. The summed E-state index contributed by atoms with van der Waals surface area (Å²) in [5.41, 5.74) is 3.15. The number of thiazole rings is 1. The van der Waals surface area contributed by atoms with Gasteiger partial charge in [0.15, 0.2) is 0 Å². The van der Waals surface area contributed by atoms with Crippen molar-refractivity contribution in [1.29, 1.82) is 0 Å². The maximum Gasteiger partial charge on any atom is 0.293 e. The molecule has 21 heavy (non-hydrogen) atoms. The summed E-state index contributed by atoms with van der Waals surface area (Å²) in [5, 5.41) is 16.3. The minimum Gasteiger partial charge on any atom is -0.346 e. The van der Waals surface area contributed by atoms with Crippen molar-refractivity contribution in [3.05, 3.63) is 50.0 Å². The summed E-state index contributed by atoms with van der Waals surface area (Å²) in [7, 11) is 0. The number of hydrogen-bond donors (Lipinski definition) is 3. The number of nitro groups is 1. The van der Waals surface area contributed by atoms with Crippen LogP contribution in [-0.2, 0) is 6.54 Å². The summed E-state index contributed by atoms with van der Waals surface area (Å²) >= 11 is 1.50. The second-order valence-electron chi connectivity index (χ2n) is 4.17. The number of rotatable bonds is 5. The average molecular weight is 307 g/mol. The quantitative estimate of drug-likeness (QED) is 0.438. The van der Waals surface area contributed by atoms with Crippen LogP contribution in [0.1, 0.15) is 21.1 Å². The van der Waals surface area contributed by atoms with Gasteiger partial charge in [-0.3, -0.25) is 20.8 Å². The highest BCUT2D eigenvalue weighted by Crippen LogP contribution is 2.24. The van der Waals surface area contributed by atoms with Gasteiger partial charge in [-0.2, -0.15) is 0 Å². The number of hydrogen-bond acceptors (Lipinski definition) is 7. The van der Waals surface area contributed by atoms with E-state index in [1.54, 1.807) is 0 Å². The number of nitrogens with two attached hydrogens (primary N) is 1. The molecule has 1 amide bonds. The normalized spacial score (nSPS) is 10.2. The first-order valence-electron chi connectivity index (χ1n) is 5.95. The molecule has 0 saturated carbocycles. The molecule has 0 radical (unpaired) electrons. The number of hydrazine groups is 1. The molecule has 0 aliphatic carbocycles. The van der Waals surface area contributed by atoms with E-state index in [0.717, 1.165) is 10.7 Å². The first-order chi connectivity index (χ1) is 10.0. The number of aromatic nitrogens is 1. The maximum atomic E-state index is 12.0. The third kappa shape index (κ3) is 3.52. The Morgan fingerprint density at radius 3 is 2.86 bits per heavy atom. The highest BCUT2D eigenvalue weighted by molar-refractivity contribution is 7.09. The van der Waals surface area contributed by atoms with Crippen molar-refractivity contribution in [2.24, 2.45) is 5.84 Å². The molecule has 1 heterocycles. The van der Waals surface area contributed by atoms with Crippen LogP contribution >= 0.6 is 11.3 Å². The zero-order valence-electron chi connectivity index (χ0n) is 11.1. The predicted molar refractivity (Wildman–Crippen MR) is 78.9 cm³/mol. The van der Waals surface area contributed by atoms with Crippen LogP contribution in [0.25, 0.3) is 0 Å². The fourth-order valence-corrected chi connectivity index (χ4v) is 2.33. The molecule has 2 rings (SSSR count). The maximum absolute atomic E-state index is 12.0. The molecule has 4 N–H and O–H groups in total. The van der Waals surface area contributed by atoms with E-state index < -0.39 is 4.92 Å². The Kier molecular flexibility index (Phi) is 4.45. The highest BCUT2D eigenvalue weighted by atomic mass is 32.1. The van der Waals surface area contributed by atoms with E-state index in [0.29, 0.717) is 6.54 Å². The first kappa shape index (κ1) is 14.9. The van der Waals surface area contributed by atoms with E-state index in [1.165, 1.54) is 29.5 Å². The van der Waals surface area contributed by atoms with Crippen LogP contribution in [0.3, 0.4) is 0 Å². The van der Waals surface area contributed by atoms with E-state index >= 15 is 0 Å². The molecule has 0 aliphatic rings. The summed E-state index contributed by atoms with van der Waals surface area (Å²) < 4.78 is 0. The second kappa shape index (κ2) is 6.29. The Hall–Kier alpha value is -2.52. The number of aryl methyl sites for hydroxylation is 1. The lowest BCUT2D eigenvalue weighted by atomic mass is 10.1. The van der Waals surface area contributed by atoms with Crippen molar-refractivity contribution in [2.75, 3.05) is 5.43 Å². The number of nitrogens with zero attached hydrogens (tertiary/aromatic N) is 2. The van der Waals surface area contributed by atoms with Crippen molar-refractivity contribution < 1.29 is 9.72 Å². The van der Waals surface area contributed by atoms with Crippen LogP contribution < -0.4 is 16.6 Å². The highest BCUT2D eigenvalue weighted by Gasteiger charge is 2.16. The molecule has 1 aromatic carbocycles. The second-order valence-corrected chi connectivity index (χ2v) is 5.24. The fraction of sp³-hybridized carbons (Fsp3) is 0.167. The molecule has 0 saturated heterocycles. The van der Waals surface area contributed by atoms with Crippen LogP contribution in [0.5, 0.6) is 0 Å². The van der Waals surface area contributed by atoms with Gasteiger partial charge in [0.2, 0.25) is 0 Å². The monoisotopic (exact) mass is 307 g/mol. The first-order valence-corrected chi connectivity index (χ1v) is 6.83. The Morgan fingerprint density at radius 2 is 2.29 bits per heavy atom. The zero-order valence-corrected chi connectivity index (χ0v) is 11.9. The van der Waals surface area contributed by atoms with Gasteiger partial charge >= 0.3 is 0 Å². The lowest BCUT2D eigenvalue weighted by Crippen LogP contribution is -2.23. The van der Waals surface area contributed by atoms with Crippen LogP contribution in [0, 0.1) is 17.0 Å². The van der Waals surface area contributed by atoms with Gasteiger partial charge in [0, 0.05) is 17.0 Å². The number of nitrogens with one attached hydrogen (secondary N) is 2. The number of amides is 1. The lowest BCUT2D eigenvalue weighted by Gasteiger charge is -2.06. The van der Waals surface area contributed by atoms with E-state index in [-0.39, 0.29) is 22.8 Å². The van der Waals surface area contributed by atoms with E-state index in [4.69, 9.17) is 5.84 Å². The molecule has 9 heteroatoms. The minimum atomic E-state index is -0.574. The van der Waals surface area contributed by atoms with Gasteiger partial charge in [0.05, 0.1) is 22.2 Å². The molecule has 0 unspecified atom stereocenters. The summed E-state index contributed by atoms with van der Waals surface area (Å²) in [6.07, 6.45) is 0. The Morgan fingerprint density at radius 1 is 1.52 bits per heavy atom. The van der Waals surface area contributed by atoms with Gasteiger partial charge < -0.3 is 10.7 Å². The zero-order chi connectivity index (χ0) is 15.4. The number of nitro benzene ring substituents is 1. The summed E-state index contributed by atoms with van der Waals surface area (Å²) in [5.74, 6) is 4.88. The molecule has 0 fully saturated rings. The SMILES string of the molecule is Cc1nc(CNC(=O)c2ccc([N+](=O)[O-])c(NN)c2)cs1. The summed E-state index contributed by atoms with van der Waals surface area (Å²) in [4.78, 5) is 26.4. The van der Waals surface area contributed by atoms with Crippen molar-refractivity contribution in [3.63, 3.8) is 0 Å². The Bertz CT molecular complexity index is 685. The van der Waals surface area contributed by atoms with Gasteiger partial charge in [-0.1, -0.05) is 0 Å². The molecule has 0 spiro atoms. The standard InChI is InChI=1S/C12H13N5O3S/c1-7-15-9(6-21-7)5-14-12(18)8-2-3-11(17(19)20)10(4-8)16-13/h2-4,6,16H,5,13H2,1H3,(H,14,18). The van der Waals surface area contributed by atoms with Gasteiger partial charge in [-0.05, 0) is 19.1 Å². The molecule has 1 aromatic heterocycles. The summed E-state index contributed by atoms with van der Waals surface area (Å²) in [6, 6.07) is 3.94. The Balaban J connectivity index is 2.10. The predicted octanol–water partition coefficient (Wildman–Crippen LogP) is 1.58. The van der Waals surface area contributed by atoms with Crippen LogP contribution in [0.2, 0.25) is 0 Å². The lowest BCUT2D eigenvalue weighted by molar-refractivity contribution is -0.384. The van der Waals surface area contributed by atoms with Crippen molar-refractivity contribution in [1.82, 2.24) is 10.3 Å². The topological polar surface area (TPSA) is 123 Å². The van der Waals surface area contributed by atoms with Crippen LogP contribution in [0.15, 0.2) is 23.6 Å². The van der Waals surface area contributed by atoms with Gasteiger partial charge in [0.1, 0.15) is 5.69 Å². The smallest absolute Gasteiger partial charge is 0.293 e. The molecule has 2 aromatic rings. The fourth-order valence-electron chi connectivity index (χ4n) is 1.71. The van der Waals surface area contributed by atoms with E-state index in [1.807, 2.05) is 12.3 Å². The number of nitrogen functional groups attached to an aromatic ring is 1. The Labute approximate surface area is 124 Å².